The SMILES string of the molecule is Cc1c(C)c(C)c(Cl)c(Cl)c1C.Cc1c(F)c(F)c(C)c(F)c1F.Cc1cc(Cl)c(C)c(Cl)c1.Cc1cc(Cl)c(C)cc1Cl.Cc1cc(Cl)c(C)cc1F.Cc1cc(F)c(C)c(Cl)c1.Cc1cc(F)c(C)c(F)c1F.Cc1cc(F)c(C)c(F)c1F.Cc1ccc(C)c(Cl)c1F. The smallest absolute Gasteiger partial charge is 0.165 e. The van der Waals surface area contributed by atoms with Gasteiger partial charge < -0.3 is 0 Å². The summed E-state index contributed by atoms with van der Waals surface area (Å²) in [6.07, 6.45) is 0. The third-order valence-electron chi connectivity index (χ3n) is 14.6. The summed E-state index contributed by atoms with van der Waals surface area (Å²) in [5, 5.41) is 5.78. The Bertz CT molecular complexity index is 3550. The van der Waals surface area contributed by atoms with E-state index in [9.17, 15) is 57.1 Å². The van der Waals surface area contributed by atoms with Crippen LogP contribution in [0.3, 0.4) is 0 Å². The Morgan fingerprint density at radius 1 is 0.177 bits per heavy atom. The molecule has 0 aliphatic heterocycles. The van der Waals surface area contributed by atoms with Crippen molar-refractivity contribution < 1.29 is 57.1 Å². The van der Waals surface area contributed by atoms with Crippen molar-refractivity contribution in [1.82, 2.24) is 0 Å². The molecule has 522 valence electrons. The maximum Gasteiger partial charge on any atom is 0.165 e. The number of hydrogen-bond donors (Lipinski definition) is 0. The molecule has 0 amide bonds. The van der Waals surface area contributed by atoms with Gasteiger partial charge in [-0.05, 0) is 283 Å². The van der Waals surface area contributed by atoms with Gasteiger partial charge in [-0.2, -0.15) is 0 Å². The van der Waals surface area contributed by atoms with Crippen LogP contribution in [-0.2, 0) is 0 Å². The summed E-state index contributed by atoms with van der Waals surface area (Å²) in [4.78, 5) is 0. The van der Waals surface area contributed by atoms with Gasteiger partial charge in [0.2, 0.25) is 0 Å². The van der Waals surface area contributed by atoms with Crippen molar-refractivity contribution in [3.05, 3.63) is 305 Å². The van der Waals surface area contributed by atoms with E-state index in [1.54, 1.807) is 58.9 Å². The average Bonchev–Trinajstić information content (AvgIpc) is 0.828. The Labute approximate surface area is 600 Å². The first-order valence-corrected chi connectivity index (χ1v) is 32.0. The lowest BCUT2D eigenvalue weighted by atomic mass is 10.00. The van der Waals surface area contributed by atoms with E-state index in [1.165, 1.54) is 51.0 Å². The number of benzene rings is 9. The molecule has 0 unspecified atom stereocenters. The molecule has 0 aliphatic carbocycles. The van der Waals surface area contributed by atoms with Crippen molar-refractivity contribution in [3.8, 4) is 0 Å². The molecule has 0 atom stereocenters. The lowest BCUT2D eigenvalue weighted by molar-refractivity contribution is 0.436. The maximum absolute atomic E-state index is 12.9. The molecule has 0 heterocycles. The third-order valence-corrected chi connectivity index (χ3v) is 18.5. The zero-order valence-electron chi connectivity index (χ0n) is 56.2. The van der Waals surface area contributed by atoms with Crippen LogP contribution in [0.25, 0.3) is 0 Å². The molecular formula is C74H72Cl9F13. The molecular weight excluding hydrogens is 1450 g/mol. The van der Waals surface area contributed by atoms with Gasteiger partial charge in [-0.25, -0.2) is 57.1 Å². The molecule has 9 aromatic carbocycles. The van der Waals surface area contributed by atoms with Gasteiger partial charge in [0, 0.05) is 58.0 Å². The fourth-order valence-electron chi connectivity index (χ4n) is 7.46. The first-order chi connectivity index (χ1) is 44.1. The summed E-state index contributed by atoms with van der Waals surface area (Å²) in [5.41, 5.74) is 11.1. The zero-order valence-corrected chi connectivity index (χ0v) is 63.0. The molecule has 9 rings (SSSR count). The second kappa shape index (κ2) is 40.1. The second-order valence-electron chi connectivity index (χ2n) is 22.2. The van der Waals surface area contributed by atoms with Crippen molar-refractivity contribution in [1.29, 1.82) is 0 Å². The van der Waals surface area contributed by atoms with E-state index in [0.29, 0.717) is 36.8 Å². The van der Waals surface area contributed by atoms with Crippen LogP contribution in [0.4, 0.5) is 57.1 Å². The van der Waals surface area contributed by atoms with E-state index in [1.807, 2.05) is 72.7 Å². The predicted molar refractivity (Wildman–Crippen MR) is 377 cm³/mol. The fourth-order valence-corrected chi connectivity index (χ4v) is 9.75. The highest BCUT2D eigenvalue weighted by Crippen LogP contribution is 2.34. The van der Waals surface area contributed by atoms with Crippen LogP contribution in [0, 0.1) is 214 Å². The monoisotopic (exact) mass is 1520 g/mol. The van der Waals surface area contributed by atoms with Crippen LogP contribution in [0.5, 0.6) is 0 Å². The first-order valence-electron chi connectivity index (χ1n) is 28.6. The van der Waals surface area contributed by atoms with Crippen LogP contribution in [0.2, 0.25) is 45.2 Å². The van der Waals surface area contributed by atoms with E-state index in [-0.39, 0.29) is 44.7 Å². The summed E-state index contributed by atoms with van der Waals surface area (Å²) in [7, 11) is 0. The average molecular weight is 1530 g/mol. The largest absolute Gasteiger partial charge is 0.207 e. The van der Waals surface area contributed by atoms with Crippen LogP contribution < -0.4 is 0 Å². The summed E-state index contributed by atoms with van der Waals surface area (Å²) in [5.74, 6) is -11.6. The van der Waals surface area contributed by atoms with Gasteiger partial charge in [-0.15, -0.1) is 0 Å². The van der Waals surface area contributed by atoms with E-state index in [4.69, 9.17) is 104 Å². The Morgan fingerprint density at radius 3 is 0.771 bits per heavy atom. The number of hydrogen-bond acceptors (Lipinski definition) is 0. The highest BCUT2D eigenvalue weighted by Gasteiger charge is 2.20. The Balaban J connectivity index is 0.000000540. The van der Waals surface area contributed by atoms with E-state index >= 15 is 0 Å². The van der Waals surface area contributed by atoms with Crippen LogP contribution in [-0.4, -0.2) is 0 Å². The summed E-state index contributed by atoms with van der Waals surface area (Å²) < 4.78 is 165. The van der Waals surface area contributed by atoms with Gasteiger partial charge in [0.25, 0.3) is 0 Å². The molecule has 22 heteroatoms. The summed E-state index contributed by atoms with van der Waals surface area (Å²) in [6, 6.07) is 19.3. The number of aryl methyl sites for hydroxylation is 10. The summed E-state index contributed by atoms with van der Waals surface area (Å²) >= 11 is 52.4. The van der Waals surface area contributed by atoms with Gasteiger partial charge in [0.1, 0.15) is 29.1 Å². The van der Waals surface area contributed by atoms with E-state index in [0.717, 1.165) is 96.1 Å². The highest BCUT2D eigenvalue weighted by molar-refractivity contribution is 6.43. The predicted octanol–water partition coefficient (Wildman–Crippen LogP) is 29.0. The normalized spacial score (nSPS) is 10.2. The minimum Gasteiger partial charge on any atom is -0.207 e. The highest BCUT2D eigenvalue weighted by atomic mass is 35.5. The molecule has 0 fully saturated rings. The molecule has 0 bridgehead atoms. The minimum atomic E-state index is -1.33. The third kappa shape index (κ3) is 25.4. The summed E-state index contributed by atoms with van der Waals surface area (Å²) in [6.45, 7) is 33.3. The van der Waals surface area contributed by atoms with Gasteiger partial charge >= 0.3 is 0 Å². The molecule has 0 saturated heterocycles. The Hall–Kier alpha value is -5.32. The molecule has 0 saturated carbocycles. The molecule has 0 radical (unpaired) electrons. The van der Waals surface area contributed by atoms with Crippen molar-refractivity contribution in [3.63, 3.8) is 0 Å². The second-order valence-corrected chi connectivity index (χ2v) is 25.8. The fraction of sp³-hybridized carbons (Fsp3) is 0.270. The molecule has 96 heavy (non-hydrogen) atoms. The molecule has 0 aromatic heterocycles. The van der Waals surface area contributed by atoms with Gasteiger partial charge in [0.15, 0.2) is 46.5 Å². The maximum atomic E-state index is 12.9. The molecule has 0 nitrogen and oxygen atoms in total. The minimum absolute atomic E-state index is 0.00870. The number of halogens is 22. The van der Waals surface area contributed by atoms with Crippen LogP contribution in [0.1, 0.15) is 111 Å². The molecule has 0 aliphatic rings. The Kier molecular flexibility index (Phi) is 37.0. The van der Waals surface area contributed by atoms with Gasteiger partial charge in [0.05, 0.1) is 15.1 Å². The standard InChI is InChI=1S/C10H12Cl2.2C8H8Cl2.3C8H8ClF.C8H6F4.2C8H7F3/c1-5-6(2)8(4)10(12)9(11)7(5)3;1-5-3-8(10)6(2)4-7(5)9;1-5-3-7(9)6(2)8(10)4-5;1-5-4-8(10)6(2)3-7(5)9;1-5-3-7(9)6(2)8(10)4-5;1-5-3-4-6(2)8(10)7(5)9;1-3-5(9)7(11)4(2)8(12)6(3)10;2*1-4-3-6(9)5(2)8(11)7(4)10/h1-4H3;5*3-4H,1-2H3;1-2H3;2*3H,1-2H3. The lowest BCUT2D eigenvalue weighted by Gasteiger charge is -2.12. The quantitative estimate of drug-likeness (QED) is 0.105. The lowest BCUT2D eigenvalue weighted by Crippen LogP contribution is -2.02. The van der Waals surface area contributed by atoms with Crippen LogP contribution >= 0.6 is 104 Å². The topological polar surface area (TPSA) is 0 Å². The van der Waals surface area contributed by atoms with Crippen molar-refractivity contribution in [2.75, 3.05) is 0 Å². The van der Waals surface area contributed by atoms with Crippen molar-refractivity contribution >= 4 is 104 Å². The number of rotatable bonds is 0. The first kappa shape index (κ1) is 88.7. The van der Waals surface area contributed by atoms with Crippen molar-refractivity contribution in [2.24, 2.45) is 0 Å². The molecule has 0 spiro atoms. The zero-order chi connectivity index (χ0) is 74.7. The molecule has 9 aromatic rings. The van der Waals surface area contributed by atoms with Crippen molar-refractivity contribution in [2.45, 2.75) is 138 Å². The van der Waals surface area contributed by atoms with E-state index < -0.39 is 69.3 Å². The van der Waals surface area contributed by atoms with E-state index in [2.05, 4.69) is 13.8 Å². The Morgan fingerprint density at radius 2 is 0.448 bits per heavy atom. The molecule has 0 N–H and O–H groups in total. The van der Waals surface area contributed by atoms with Gasteiger partial charge in [-0.3, -0.25) is 0 Å². The van der Waals surface area contributed by atoms with Crippen LogP contribution in [0.15, 0.2) is 72.8 Å². The van der Waals surface area contributed by atoms with Gasteiger partial charge in [-0.1, -0.05) is 117 Å².